The standard InChI is InChI=1S/C15H19N3OS/c1-10-5-6-13(11-4-3-8-17-14(10)11)18-15(19)12(16)7-9-20-2/h3-6,8,12H,7,9,16H2,1-2H3,(H,18,19)/t12-/m1/s1. The molecule has 0 aliphatic rings. The molecule has 0 aliphatic heterocycles. The lowest BCUT2D eigenvalue weighted by Gasteiger charge is -2.13. The zero-order valence-electron chi connectivity index (χ0n) is 11.7. The van der Waals surface area contributed by atoms with Crippen molar-refractivity contribution in [3.63, 3.8) is 0 Å². The SMILES string of the molecule is CSCC[C@@H](N)C(=O)Nc1ccc(C)c2ncccc12. The van der Waals surface area contributed by atoms with Crippen LogP contribution in [0.3, 0.4) is 0 Å². The third kappa shape index (κ3) is 3.29. The van der Waals surface area contributed by atoms with E-state index >= 15 is 0 Å². The number of carbonyl (C=O) groups is 1. The van der Waals surface area contributed by atoms with E-state index in [1.807, 2.05) is 37.4 Å². The number of fused-ring (bicyclic) bond motifs is 1. The Kier molecular flexibility index (Phi) is 4.98. The molecule has 0 spiro atoms. The van der Waals surface area contributed by atoms with Crippen LogP contribution in [0.4, 0.5) is 5.69 Å². The number of carbonyl (C=O) groups excluding carboxylic acids is 1. The highest BCUT2D eigenvalue weighted by Gasteiger charge is 2.14. The zero-order chi connectivity index (χ0) is 14.5. The van der Waals surface area contributed by atoms with E-state index in [0.29, 0.717) is 6.42 Å². The molecule has 0 unspecified atom stereocenters. The monoisotopic (exact) mass is 289 g/mol. The van der Waals surface area contributed by atoms with Gasteiger partial charge in [0, 0.05) is 11.6 Å². The van der Waals surface area contributed by atoms with Gasteiger partial charge in [-0.25, -0.2) is 0 Å². The van der Waals surface area contributed by atoms with Crippen molar-refractivity contribution in [3.05, 3.63) is 36.0 Å². The minimum absolute atomic E-state index is 0.145. The normalized spacial score (nSPS) is 12.3. The average Bonchev–Trinajstić information content (AvgIpc) is 2.47. The van der Waals surface area contributed by atoms with Gasteiger partial charge >= 0.3 is 0 Å². The molecule has 0 aliphatic carbocycles. The molecule has 0 saturated carbocycles. The Balaban J connectivity index is 2.22. The second-order valence-corrected chi connectivity index (χ2v) is 5.69. The van der Waals surface area contributed by atoms with Gasteiger partial charge in [0.05, 0.1) is 17.2 Å². The number of nitrogens with two attached hydrogens (primary N) is 1. The van der Waals surface area contributed by atoms with Gasteiger partial charge in [-0.2, -0.15) is 11.8 Å². The number of hydrogen-bond donors (Lipinski definition) is 2. The van der Waals surface area contributed by atoms with Gasteiger partial charge in [0.25, 0.3) is 0 Å². The number of anilines is 1. The van der Waals surface area contributed by atoms with Crippen LogP contribution in [-0.4, -0.2) is 28.9 Å². The van der Waals surface area contributed by atoms with E-state index < -0.39 is 6.04 Å². The summed E-state index contributed by atoms with van der Waals surface area (Å²) in [5.41, 5.74) is 8.64. The molecule has 4 nitrogen and oxygen atoms in total. The van der Waals surface area contributed by atoms with Crippen molar-refractivity contribution >= 4 is 34.3 Å². The zero-order valence-corrected chi connectivity index (χ0v) is 12.5. The van der Waals surface area contributed by atoms with Crippen molar-refractivity contribution in [1.29, 1.82) is 0 Å². The summed E-state index contributed by atoms with van der Waals surface area (Å²) in [6, 6.07) is 7.20. The first kappa shape index (κ1) is 14.8. The highest BCUT2D eigenvalue weighted by molar-refractivity contribution is 7.98. The van der Waals surface area contributed by atoms with Gasteiger partial charge in [-0.1, -0.05) is 6.07 Å². The molecular formula is C15H19N3OS. The topological polar surface area (TPSA) is 68.0 Å². The fourth-order valence-electron chi connectivity index (χ4n) is 2.02. The van der Waals surface area contributed by atoms with Gasteiger partial charge < -0.3 is 11.1 Å². The predicted octanol–water partition coefficient (Wildman–Crippen LogP) is 2.56. The first-order valence-corrected chi connectivity index (χ1v) is 7.92. The lowest BCUT2D eigenvalue weighted by atomic mass is 10.1. The van der Waals surface area contributed by atoms with Crippen molar-refractivity contribution in [1.82, 2.24) is 4.98 Å². The van der Waals surface area contributed by atoms with Crippen LogP contribution in [-0.2, 0) is 4.79 Å². The fraction of sp³-hybridized carbons (Fsp3) is 0.333. The lowest BCUT2D eigenvalue weighted by Crippen LogP contribution is -2.36. The van der Waals surface area contributed by atoms with E-state index in [1.54, 1.807) is 18.0 Å². The summed E-state index contributed by atoms with van der Waals surface area (Å²) in [7, 11) is 0. The van der Waals surface area contributed by atoms with Gasteiger partial charge in [0.2, 0.25) is 5.91 Å². The molecule has 20 heavy (non-hydrogen) atoms. The van der Waals surface area contributed by atoms with Crippen LogP contribution in [0.2, 0.25) is 0 Å². The van der Waals surface area contributed by atoms with Gasteiger partial charge in [0.15, 0.2) is 0 Å². The number of aromatic nitrogens is 1. The minimum Gasteiger partial charge on any atom is -0.324 e. The van der Waals surface area contributed by atoms with Crippen LogP contribution in [0, 0.1) is 6.92 Å². The summed E-state index contributed by atoms with van der Waals surface area (Å²) in [6.07, 6.45) is 4.43. The number of pyridine rings is 1. The predicted molar refractivity (Wildman–Crippen MR) is 86.1 cm³/mol. The third-order valence-electron chi connectivity index (χ3n) is 3.20. The van der Waals surface area contributed by atoms with E-state index in [4.69, 9.17) is 5.73 Å². The molecule has 1 aromatic carbocycles. The summed E-state index contributed by atoms with van der Waals surface area (Å²) in [4.78, 5) is 16.4. The van der Waals surface area contributed by atoms with Crippen LogP contribution < -0.4 is 11.1 Å². The number of thioether (sulfide) groups is 1. The van der Waals surface area contributed by atoms with Crippen molar-refractivity contribution in [2.75, 3.05) is 17.3 Å². The Morgan fingerprint density at radius 1 is 1.45 bits per heavy atom. The van der Waals surface area contributed by atoms with E-state index in [-0.39, 0.29) is 5.91 Å². The summed E-state index contributed by atoms with van der Waals surface area (Å²) in [5, 5.41) is 3.85. The highest BCUT2D eigenvalue weighted by Crippen LogP contribution is 2.24. The third-order valence-corrected chi connectivity index (χ3v) is 3.84. The fourth-order valence-corrected chi connectivity index (χ4v) is 2.51. The molecule has 0 saturated heterocycles. The summed E-state index contributed by atoms with van der Waals surface area (Å²) in [6.45, 7) is 2.01. The molecule has 0 radical (unpaired) electrons. The number of hydrogen-bond acceptors (Lipinski definition) is 4. The molecule has 106 valence electrons. The van der Waals surface area contributed by atoms with Gasteiger partial charge in [0.1, 0.15) is 0 Å². The highest BCUT2D eigenvalue weighted by atomic mass is 32.2. The Bertz CT molecular complexity index is 615. The molecule has 0 fully saturated rings. The molecule has 1 aromatic heterocycles. The summed E-state index contributed by atoms with van der Waals surface area (Å²) in [5.74, 6) is 0.734. The first-order valence-electron chi connectivity index (χ1n) is 6.53. The van der Waals surface area contributed by atoms with Crippen LogP contribution in [0.15, 0.2) is 30.5 Å². The van der Waals surface area contributed by atoms with Gasteiger partial charge in [-0.05, 0) is 49.1 Å². The second kappa shape index (κ2) is 6.72. The van der Waals surface area contributed by atoms with E-state index in [0.717, 1.165) is 27.9 Å². The van der Waals surface area contributed by atoms with Gasteiger partial charge in [-0.15, -0.1) is 0 Å². The molecule has 5 heteroatoms. The number of nitrogens with one attached hydrogen (secondary N) is 1. The summed E-state index contributed by atoms with van der Waals surface area (Å²) < 4.78 is 0. The summed E-state index contributed by atoms with van der Waals surface area (Å²) >= 11 is 1.69. The van der Waals surface area contributed by atoms with Crippen molar-refractivity contribution in [2.24, 2.45) is 5.73 Å². The lowest BCUT2D eigenvalue weighted by molar-refractivity contribution is -0.117. The molecule has 0 bridgehead atoms. The smallest absolute Gasteiger partial charge is 0.241 e. The molecule has 1 atom stereocenters. The first-order chi connectivity index (χ1) is 9.63. The Labute approximate surface area is 123 Å². The maximum atomic E-state index is 12.1. The second-order valence-electron chi connectivity index (χ2n) is 4.71. The molecule has 1 heterocycles. The van der Waals surface area contributed by atoms with Gasteiger partial charge in [-0.3, -0.25) is 9.78 Å². The van der Waals surface area contributed by atoms with Crippen LogP contribution in [0.5, 0.6) is 0 Å². The molecule has 2 aromatic rings. The van der Waals surface area contributed by atoms with Crippen molar-refractivity contribution in [2.45, 2.75) is 19.4 Å². The molecular weight excluding hydrogens is 270 g/mol. The number of benzene rings is 1. The average molecular weight is 289 g/mol. The molecule has 2 rings (SSSR count). The van der Waals surface area contributed by atoms with E-state index in [1.165, 1.54) is 0 Å². The van der Waals surface area contributed by atoms with Crippen molar-refractivity contribution < 1.29 is 4.79 Å². The van der Waals surface area contributed by atoms with E-state index in [2.05, 4.69) is 10.3 Å². The Morgan fingerprint density at radius 3 is 3.00 bits per heavy atom. The maximum Gasteiger partial charge on any atom is 0.241 e. The Morgan fingerprint density at radius 2 is 2.25 bits per heavy atom. The number of aryl methyl sites for hydroxylation is 1. The Hall–Kier alpha value is -1.59. The quantitative estimate of drug-likeness (QED) is 0.887. The van der Waals surface area contributed by atoms with Crippen molar-refractivity contribution in [3.8, 4) is 0 Å². The molecule has 1 amide bonds. The largest absolute Gasteiger partial charge is 0.324 e. The molecule has 3 N–H and O–H groups in total. The van der Waals surface area contributed by atoms with Crippen LogP contribution in [0.25, 0.3) is 10.9 Å². The van der Waals surface area contributed by atoms with E-state index in [9.17, 15) is 4.79 Å². The number of nitrogens with zero attached hydrogens (tertiary/aromatic N) is 1. The van der Waals surface area contributed by atoms with Crippen LogP contribution >= 0.6 is 11.8 Å². The number of amides is 1. The maximum absolute atomic E-state index is 12.1. The minimum atomic E-state index is -0.476. The van der Waals surface area contributed by atoms with Crippen LogP contribution in [0.1, 0.15) is 12.0 Å². The number of rotatable bonds is 5.